The summed E-state index contributed by atoms with van der Waals surface area (Å²) in [5, 5.41) is 59.4. The first kappa shape index (κ1) is 22.1. The van der Waals surface area contributed by atoms with Gasteiger partial charge in [0.05, 0.1) is 26.1 Å². The van der Waals surface area contributed by atoms with Crippen molar-refractivity contribution in [1.82, 2.24) is 0 Å². The van der Waals surface area contributed by atoms with Crippen LogP contribution in [0.25, 0.3) is 0 Å². The van der Waals surface area contributed by atoms with Gasteiger partial charge in [0, 0.05) is 6.07 Å². The summed E-state index contributed by atoms with van der Waals surface area (Å²) in [6.07, 6.45) is -9.47. The molecule has 29 heavy (non-hydrogen) atoms. The highest BCUT2D eigenvalue weighted by Gasteiger charge is 2.50. The highest BCUT2D eigenvalue weighted by atomic mass is 16.7. The molecule has 0 spiro atoms. The van der Waals surface area contributed by atoms with Crippen molar-refractivity contribution < 1.29 is 54.0 Å². The second-order valence-corrected chi connectivity index (χ2v) is 7.02. The third-order valence-electron chi connectivity index (χ3n) is 4.91. The Kier molecular flexibility index (Phi) is 6.57. The Bertz CT molecular complexity index is 752. The smallest absolute Gasteiger partial charge is 0.229 e. The van der Waals surface area contributed by atoms with Crippen LogP contribution in [-0.2, 0) is 14.2 Å². The molecule has 2 aliphatic rings. The van der Waals surface area contributed by atoms with Crippen molar-refractivity contribution in [3.8, 4) is 5.75 Å². The Morgan fingerprint density at radius 3 is 2.52 bits per heavy atom. The molecule has 2 saturated heterocycles. The molecule has 0 aliphatic carbocycles. The molecule has 0 radical (unpaired) electrons. The van der Waals surface area contributed by atoms with Crippen molar-refractivity contribution in [1.29, 1.82) is 0 Å². The lowest BCUT2D eigenvalue weighted by atomic mass is 9.99. The minimum Gasteiger partial charge on any atom is -0.465 e. The molecule has 12 nitrogen and oxygen atoms in total. The summed E-state index contributed by atoms with van der Waals surface area (Å²) in [4.78, 5) is 11.9. The molecule has 0 saturated carbocycles. The average molecular weight is 420 g/mol. The number of hydrogen-bond acceptors (Lipinski definition) is 12. The number of ether oxygens (including phenoxy) is 4. The molecule has 0 bridgehead atoms. The van der Waals surface area contributed by atoms with Gasteiger partial charge in [0.15, 0.2) is 6.29 Å². The van der Waals surface area contributed by atoms with E-state index in [1.54, 1.807) is 0 Å². The average Bonchev–Trinajstić information content (AvgIpc) is 2.99. The van der Waals surface area contributed by atoms with E-state index in [1.807, 2.05) is 0 Å². The maximum atomic E-state index is 11.9. The van der Waals surface area contributed by atoms with E-state index in [0.29, 0.717) is 0 Å². The van der Waals surface area contributed by atoms with Gasteiger partial charge >= 0.3 is 0 Å². The number of aliphatic hydroxyl groups is 6. The number of aliphatic hydroxyl groups excluding tert-OH is 5. The van der Waals surface area contributed by atoms with Crippen LogP contribution in [0.15, 0.2) is 21.5 Å². The van der Waals surface area contributed by atoms with Gasteiger partial charge in [-0.3, -0.25) is 4.79 Å². The normalized spacial score (nSPS) is 40.2. The maximum Gasteiger partial charge on any atom is 0.229 e. The van der Waals surface area contributed by atoms with E-state index in [2.05, 4.69) is 0 Å². The van der Waals surface area contributed by atoms with Gasteiger partial charge in [-0.2, -0.15) is 0 Å². The van der Waals surface area contributed by atoms with E-state index in [0.717, 1.165) is 6.07 Å². The molecule has 2 fully saturated rings. The van der Waals surface area contributed by atoms with Crippen LogP contribution in [0.4, 0.5) is 0 Å². The van der Waals surface area contributed by atoms with Crippen LogP contribution in [0, 0.1) is 6.92 Å². The Morgan fingerprint density at radius 2 is 1.90 bits per heavy atom. The molecule has 12 heteroatoms. The first-order chi connectivity index (χ1) is 13.7. The summed E-state index contributed by atoms with van der Waals surface area (Å²) in [6, 6.07) is 1.10. The standard InChI is InChI=1S/C17H24O12/c1-7-13(8(19)2-3-25-7)29-15-12(22)11(21)10(20)9(28-15)4-26-16-14(23)17(24,5-18)6-27-16/h2-3,9-12,14-16,18,20-24H,4-6H2,1H3/t9-,10-,11+,12-,14+,15+,16-,17-/m1/s1. The summed E-state index contributed by atoms with van der Waals surface area (Å²) in [5.74, 6) is -0.116. The highest BCUT2D eigenvalue weighted by Crippen LogP contribution is 2.28. The van der Waals surface area contributed by atoms with Crippen LogP contribution in [0.5, 0.6) is 5.75 Å². The number of hydrogen-bond donors (Lipinski definition) is 6. The molecule has 2 aliphatic heterocycles. The quantitative estimate of drug-likeness (QED) is 0.268. The zero-order valence-corrected chi connectivity index (χ0v) is 15.5. The van der Waals surface area contributed by atoms with Crippen molar-refractivity contribution in [2.24, 2.45) is 0 Å². The van der Waals surface area contributed by atoms with E-state index in [4.69, 9.17) is 28.5 Å². The maximum absolute atomic E-state index is 11.9. The summed E-state index contributed by atoms with van der Waals surface area (Å²) in [5.41, 5.74) is -2.43. The van der Waals surface area contributed by atoms with Gasteiger partial charge in [0.1, 0.15) is 41.9 Å². The van der Waals surface area contributed by atoms with Crippen LogP contribution in [-0.4, -0.2) is 99.2 Å². The second-order valence-electron chi connectivity index (χ2n) is 7.02. The highest BCUT2D eigenvalue weighted by molar-refractivity contribution is 5.23. The summed E-state index contributed by atoms with van der Waals surface area (Å²) in [7, 11) is 0. The lowest BCUT2D eigenvalue weighted by Crippen LogP contribution is -2.60. The van der Waals surface area contributed by atoms with Gasteiger partial charge in [-0.05, 0) is 6.92 Å². The fraction of sp³-hybridized carbons (Fsp3) is 0.706. The van der Waals surface area contributed by atoms with Crippen LogP contribution < -0.4 is 10.2 Å². The molecular formula is C17H24O12. The van der Waals surface area contributed by atoms with E-state index in [9.17, 15) is 30.3 Å². The molecule has 0 unspecified atom stereocenters. The topological polar surface area (TPSA) is 189 Å². The van der Waals surface area contributed by atoms with Crippen molar-refractivity contribution >= 4 is 0 Å². The predicted octanol–water partition coefficient (Wildman–Crippen LogP) is -3.41. The third kappa shape index (κ3) is 4.30. The fourth-order valence-electron chi connectivity index (χ4n) is 3.03. The van der Waals surface area contributed by atoms with Crippen molar-refractivity contribution in [3.63, 3.8) is 0 Å². The summed E-state index contributed by atoms with van der Waals surface area (Å²) < 4.78 is 26.2. The third-order valence-corrected chi connectivity index (χ3v) is 4.91. The molecule has 3 rings (SSSR count). The molecule has 1 aromatic rings. The van der Waals surface area contributed by atoms with Gasteiger partial charge in [0.2, 0.25) is 17.5 Å². The van der Waals surface area contributed by atoms with Crippen LogP contribution in [0.3, 0.4) is 0 Å². The Labute approximate surface area is 164 Å². The van der Waals surface area contributed by atoms with E-state index in [-0.39, 0.29) is 18.1 Å². The lowest BCUT2D eigenvalue weighted by Gasteiger charge is -2.40. The second kappa shape index (κ2) is 8.63. The first-order valence-electron chi connectivity index (χ1n) is 8.87. The molecule has 8 atom stereocenters. The van der Waals surface area contributed by atoms with Crippen molar-refractivity contribution in [2.75, 3.05) is 19.8 Å². The van der Waals surface area contributed by atoms with Gasteiger partial charge in [-0.25, -0.2) is 0 Å². The van der Waals surface area contributed by atoms with Gasteiger partial charge < -0.3 is 54.0 Å². The van der Waals surface area contributed by atoms with Gasteiger partial charge in [-0.15, -0.1) is 0 Å². The molecule has 3 heterocycles. The SMILES string of the molecule is Cc1occc(=O)c1O[C@@H]1O[C@H](CO[C@@H]2OC[C@](O)(CO)[C@H]2O)[C@@H](O)[C@H](O)[C@H]1O. The van der Waals surface area contributed by atoms with Crippen LogP contribution in [0.2, 0.25) is 0 Å². The molecule has 1 aromatic heterocycles. The van der Waals surface area contributed by atoms with Gasteiger partial charge in [-0.1, -0.05) is 0 Å². The number of aryl methyl sites for hydroxylation is 1. The zero-order chi connectivity index (χ0) is 21.3. The molecule has 6 N–H and O–H groups in total. The molecular weight excluding hydrogens is 396 g/mol. The minimum atomic E-state index is -1.89. The minimum absolute atomic E-state index is 0.118. The first-order valence-corrected chi connectivity index (χ1v) is 8.87. The zero-order valence-electron chi connectivity index (χ0n) is 15.5. The summed E-state index contributed by atoms with van der Waals surface area (Å²) >= 11 is 0. The molecule has 0 amide bonds. The van der Waals surface area contributed by atoms with E-state index >= 15 is 0 Å². The van der Waals surface area contributed by atoms with Crippen LogP contribution >= 0.6 is 0 Å². The summed E-state index contributed by atoms with van der Waals surface area (Å²) in [6.45, 7) is -0.106. The van der Waals surface area contributed by atoms with E-state index in [1.165, 1.54) is 13.2 Å². The Hall–Kier alpha value is -1.61. The molecule has 164 valence electrons. The van der Waals surface area contributed by atoms with Crippen LogP contribution in [0.1, 0.15) is 5.76 Å². The lowest BCUT2D eigenvalue weighted by molar-refractivity contribution is -0.289. The van der Waals surface area contributed by atoms with Crippen molar-refractivity contribution in [3.05, 3.63) is 28.3 Å². The Balaban J connectivity index is 1.67. The van der Waals surface area contributed by atoms with Gasteiger partial charge in [0.25, 0.3) is 0 Å². The van der Waals surface area contributed by atoms with Crippen molar-refractivity contribution in [2.45, 2.75) is 55.6 Å². The monoisotopic (exact) mass is 420 g/mol. The molecule has 0 aromatic carbocycles. The largest absolute Gasteiger partial charge is 0.465 e. The fourth-order valence-corrected chi connectivity index (χ4v) is 3.03. The number of rotatable bonds is 6. The van der Waals surface area contributed by atoms with E-state index < -0.39 is 67.3 Å². The predicted molar refractivity (Wildman–Crippen MR) is 90.8 cm³/mol. The Morgan fingerprint density at radius 1 is 1.17 bits per heavy atom.